The molecule has 0 bridgehead atoms. The zero-order valence-electron chi connectivity index (χ0n) is 14.1. The number of carbonyl (C=O) groups is 2. The number of ether oxygens (including phenoxy) is 1. The third kappa shape index (κ3) is 3.49. The minimum Gasteiger partial charge on any atom is -0.480 e. The number of anilines is 1. The number of nitrogens with one attached hydrogen (secondary N) is 2. The van der Waals surface area contributed by atoms with Gasteiger partial charge in [-0.15, -0.1) is 11.3 Å². The maximum absolute atomic E-state index is 12.1. The molecule has 0 saturated carbocycles. The quantitative estimate of drug-likeness (QED) is 0.535. The summed E-state index contributed by atoms with van der Waals surface area (Å²) < 4.78 is 5.07. The normalized spacial score (nSPS) is 12.1. The first-order chi connectivity index (χ1) is 12.5. The summed E-state index contributed by atoms with van der Waals surface area (Å²) in [4.78, 5) is 39.9. The van der Waals surface area contributed by atoms with Crippen LogP contribution in [0.4, 0.5) is 5.82 Å². The first kappa shape index (κ1) is 17.8. The third-order valence-corrected chi connectivity index (χ3v) is 4.96. The average Bonchev–Trinajstić information content (AvgIpc) is 3.23. The van der Waals surface area contributed by atoms with Crippen molar-refractivity contribution < 1.29 is 19.4 Å². The molecule has 0 fully saturated rings. The summed E-state index contributed by atoms with van der Waals surface area (Å²) in [6.07, 6.45) is 4.60. The van der Waals surface area contributed by atoms with Gasteiger partial charge < -0.3 is 20.1 Å². The van der Waals surface area contributed by atoms with Gasteiger partial charge in [0.1, 0.15) is 27.9 Å². The van der Waals surface area contributed by atoms with Gasteiger partial charge in [-0.05, 0) is 19.4 Å². The van der Waals surface area contributed by atoms with E-state index in [1.807, 2.05) is 0 Å². The molecule has 0 aliphatic carbocycles. The second kappa shape index (κ2) is 7.48. The molecule has 3 aromatic rings. The standard InChI is InChI=1S/C16H17N5O4S/c1-3-25-16(24)12-8(2)11-13(19-7-20-14(11)26-12)21-10(15(22)23)4-9-5-17-6-18-9/h5-7,10H,3-4H2,1-2H3,(H,17,18)(H,22,23)(H,19,20,21). The van der Waals surface area contributed by atoms with E-state index in [4.69, 9.17) is 4.74 Å². The lowest BCUT2D eigenvalue weighted by Gasteiger charge is -2.15. The van der Waals surface area contributed by atoms with Crippen LogP contribution >= 0.6 is 11.3 Å². The molecule has 0 aromatic carbocycles. The summed E-state index contributed by atoms with van der Waals surface area (Å²) in [5.74, 6) is -1.08. The number of rotatable bonds is 7. The molecule has 0 spiro atoms. The zero-order valence-corrected chi connectivity index (χ0v) is 15.0. The van der Waals surface area contributed by atoms with E-state index < -0.39 is 18.0 Å². The summed E-state index contributed by atoms with van der Waals surface area (Å²) in [5, 5.41) is 13.1. The fraction of sp³-hybridized carbons (Fsp3) is 0.312. The van der Waals surface area contributed by atoms with Crippen molar-refractivity contribution in [2.75, 3.05) is 11.9 Å². The number of thiophene rings is 1. The van der Waals surface area contributed by atoms with Crippen molar-refractivity contribution in [3.8, 4) is 0 Å². The molecule has 3 aromatic heterocycles. The fourth-order valence-electron chi connectivity index (χ4n) is 2.55. The minimum atomic E-state index is -1.02. The summed E-state index contributed by atoms with van der Waals surface area (Å²) in [5.41, 5.74) is 1.35. The molecule has 26 heavy (non-hydrogen) atoms. The van der Waals surface area contributed by atoms with Crippen LogP contribution in [0, 0.1) is 6.92 Å². The molecule has 9 nitrogen and oxygen atoms in total. The highest BCUT2D eigenvalue weighted by atomic mass is 32.1. The van der Waals surface area contributed by atoms with Crippen LogP contribution in [0.3, 0.4) is 0 Å². The molecule has 3 heterocycles. The number of aryl methyl sites for hydroxylation is 1. The Kier molecular flexibility index (Phi) is 5.12. The predicted molar refractivity (Wildman–Crippen MR) is 95.4 cm³/mol. The average molecular weight is 375 g/mol. The van der Waals surface area contributed by atoms with Gasteiger partial charge in [-0.25, -0.2) is 24.5 Å². The monoisotopic (exact) mass is 375 g/mol. The number of carboxylic acids is 1. The number of carbonyl (C=O) groups excluding carboxylic acids is 1. The molecule has 1 unspecified atom stereocenters. The number of aromatic nitrogens is 4. The SMILES string of the molecule is CCOC(=O)c1sc2ncnc(NC(Cc3cnc[nH]3)C(=O)O)c2c1C. The van der Waals surface area contributed by atoms with E-state index in [0.717, 1.165) is 0 Å². The number of carboxylic acid groups (broad SMARTS) is 1. The van der Waals surface area contributed by atoms with Crippen molar-refractivity contribution in [1.29, 1.82) is 0 Å². The van der Waals surface area contributed by atoms with Crippen LogP contribution in [-0.2, 0) is 16.0 Å². The number of hydrogen-bond acceptors (Lipinski definition) is 8. The van der Waals surface area contributed by atoms with E-state index in [1.54, 1.807) is 20.0 Å². The van der Waals surface area contributed by atoms with E-state index in [9.17, 15) is 14.7 Å². The van der Waals surface area contributed by atoms with Gasteiger partial charge in [0.2, 0.25) is 0 Å². The van der Waals surface area contributed by atoms with E-state index in [1.165, 1.54) is 24.0 Å². The number of aromatic amines is 1. The van der Waals surface area contributed by atoms with Gasteiger partial charge in [0.15, 0.2) is 0 Å². The predicted octanol–water partition coefficient (Wildman–Crippen LogP) is 2.01. The molecule has 1 atom stereocenters. The van der Waals surface area contributed by atoms with Crippen LogP contribution in [0.2, 0.25) is 0 Å². The van der Waals surface area contributed by atoms with Gasteiger partial charge >= 0.3 is 11.9 Å². The van der Waals surface area contributed by atoms with Crippen molar-refractivity contribution >= 4 is 39.3 Å². The van der Waals surface area contributed by atoms with Gasteiger partial charge in [0, 0.05) is 18.3 Å². The largest absolute Gasteiger partial charge is 0.480 e. The Morgan fingerprint density at radius 2 is 2.23 bits per heavy atom. The molecule has 10 heteroatoms. The fourth-order valence-corrected chi connectivity index (χ4v) is 3.60. The molecule has 0 aliphatic rings. The Balaban J connectivity index is 1.96. The lowest BCUT2D eigenvalue weighted by atomic mass is 10.1. The number of hydrogen-bond donors (Lipinski definition) is 3. The first-order valence-corrected chi connectivity index (χ1v) is 8.70. The number of imidazole rings is 1. The van der Waals surface area contributed by atoms with Gasteiger partial charge in [0.25, 0.3) is 0 Å². The second-order valence-corrected chi connectivity index (χ2v) is 6.49. The van der Waals surface area contributed by atoms with Crippen LogP contribution in [0.25, 0.3) is 10.2 Å². The molecule has 0 amide bonds. The minimum absolute atomic E-state index is 0.203. The third-order valence-electron chi connectivity index (χ3n) is 3.78. The Morgan fingerprint density at radius 1 is 1.42 bits per heavy atom. The molecule has 3 rings (SSSR count). The van der Waals surface area contributed by atoms with Gasteiger partial charge in [-0.3, -0.25) is 0 Å². The van der Waals surface area contributed by atoms with Crippen LogP contribution in [-0.4, -0.2) is 49.6 Å². The Hall–Kier alpha value is -3.01. The Bertz CT molecular complexity index is 938. The Morgan fingerprint density at radius 3 is 2.88 bits per heavy atom. The van der Waals surface area contributed by atoms with Gasteiger partial charge in [0.05, 0.1) is 18.3 Å². The van der Waals surface area contributed by atoms with Crippen molar-refractivity contribution in [3.63, 3.8) is 0 Å². The number of nitrogens with zero attached hydrogens (tertiary/aromatic N) is 3. The van der Waals surface area contributed by atoms with Gasteiger partial charge in [-0.2, -0.15) is 0 Å². The molecule has 0 aliphatic heterocycles. The molecular weight excluding hydrogens is 358 g/mol. The summed E-state index contributed by atoms with van der Waals surface area (Å²) in [6.45, 7) is 3.78. The zero-order chi connectivity index (χ0) is 18.7. The number of aliphatic carboxylic acids is 1. The molecule has 0 saturated heterocycles. The summed E-state index contributed by atoms with van der Waals surface area (Å²) >= 11 is 1.20. The molecular formula is C16H17N5O4S. The highest BCUT2D eigenvalue weighted by Gasteiger charge is 2.24. The van der Waals surface area contributed by atoms with Crippen LogP contribution in [0.1, 0.15) is 27.9 Å². The topological polar surface area (TPSA) is 130 Å². The number of esters is 1. The van der Waals surface area contributed by atoms with Crippen LogP contribution < -0.4 is 5.32 Å². The number of H-pyrrole nitrogens is 1. The van der Waals surface area contributed by atoms with E-state index >= 15 is 0 Å². The van der Waals surface area contributed by atoms with E-state index in [2.05, 4.69) is 25.3 Å². The molecule has 3 N–H and O–H groups in total. The van der Waals surface area contributed by atoms with Crippen molar-refractivity contribution in [3.05, 3.63) is 35.0 Å². The van der Waals surface area contributed by atoms with E-state index in [0.29, 0.717) is 32.2 Å². The van der Waals surface area contributed by atoms with E-state index in [-0.39, 0.29) is 13.0 Å². The summed E-state index contributed by atoms with van der Waals surface area (Å²) in [6, 6.07) is -0.918. The maximum Gasteiger partial charge on any atom is 0.348 e. The smallest absolute Gasteiger partial charge is 0.348 e. The molecule has 0 radical (unpaired) electrons. The summed E-state index contributed by atoms with van der Waals surface area (Å²) in [7, 11) is 0. The van der Waals surface area contributed by atoms with Crippen molar-refractivity contribution in [1.82, 2.24) is 19.9 Å². The lowest BCUT2D eigenvalue weighted by Crippen LogP contribution is -2.32. The number of fused-ring (bicyclic) bond motifs is 1. The van der Waals surface area contributed by atoms with Crippen LogP contribution in [0.15, 0.2) is 18.9 Å². The highest BCUT2D eigenvalue weighted by molar-refractivity contribution is 7.20. The highest BCUT2D eigenvalue weighted by Crippen LogP contribution is 2.34. The first-order valence-electron chi connectivity index (χ1n) is 7.89. The van der Waals surface area contributed by atoms with Gasteiger partial charge in [-0.1, -0.05) is 0 Å². The lowest BCUT2D eigenvalue weighted by molar-refractivity contribution is -0.137. The second-order valence-electron chi connectivity index (χ2n) is 5.50. The van der Waals surface area contributed by atoms with Crippen molar-refractivity contribution in [2.24, 2.45) is 0 Å². The Labute approximate surface area is 152 Å². The molecule has 136 valence electrons. The van der Waals surface area contributed by atoms with Crippen LogP contribution in [0.5, 0.6) is 0 Å². The van der Waals surface area contributed by atoms with Crippen molar-refractivity contribution in [2.45, 2.75) is 26.3 Å². The maximum atomic E-state index is 12.1.